The van der Waals surface area contributed by atoms with Crippen molar-refractivity contribution in [1.82, 2.24) is 10.2 Å². The standard InChI is InChI=1S/C25H32N2O3/c1-30-22-13-6-5-11-20(22)24-21-12-7-8-14-25(21,29)15-16-27(24)18-23(28)26-17-19-9-3-2-4-10-19/h2-6,9-11,13,21,24,29H,7-8,12,14-18H2,1H3,(H,26,28)/t21-,24+,25+/m0/s1. The van der Waals surface area contributed by atoms with Gasteiger partial charge in [0.2, 0.25) is 5.91 Å². The summed E-state index contributed by atoms with van der Waals surface area (Å²) >= 11 is 0. The molecule has 2 aliphatic rings. The zero-order valence-corrected chi connectivity index (χ0v) is 17.7. The highest BCUT2D eigenvalue weighted by Gasteiger charge is 2.49. The summed E-state index contributed by atoms with van der Waals surface area (Å²) in [7, 11) is 1.69. The Bertz CT molecular complexity index is 856. The molecule has 3 atom stereocenters. The van der Waals surface area contributed by atoms with E-state index >= 15 is 0 Å². The van der Waals surface area contributed by atoms with E-state index in [1.807, 2.05) is 48.5 Å². The van der Waals surface area contributed by atoms with Crippen molar-refractivity contribution in [1.29, 1.82) is 0 Å². The van der Waals surface area contributed by atoms with E-state index in [-0.39, 0.29) is 17.9 Å². The summed E-state index contributed by atoms with van der Waals surface area (Å²) in [6.07, 6.45) is 4.73. The maximum absolute atomic E-state index is 12.8. The van der Waals surface area contributed by atoms with Crippen LogP contribution in [0.1, 0.15) is 49.3 Å². The highest BCUT2D eigenvalue weighted by Crippen LogP contribution is 2.50. The minimum absolute atomic E-state index is 0.0139. The summed E-state index contributed by atoms with van der Waals surface area (Å²) < 4.78 is 5.66. The van der Waals surface area contributed by atoms with E-state index in [1.54, 1.807) is 7.11 Å². The van der Waals surface area contributed by atoms with E-state index < -0.39 is 5.60 Å². The molecular formula is C25H32N2O3. The van der Waals surface area contributed by atoms with Gasteiger partial charge in [0, 0.05) is 30.6 Å². The number of aliphatic hydroxyl groups is 1. The second kappa shape index (κ2) is 9.19. The van der Waals surface area contributed by atoms with Crippen LogP contribution in [0.25, 0.3) is 0 Å². The van der Waals surface area contributed by atoms with E-state index in [0.717, 1.165) is 49.0 Å². The van der Waals surface area contributed by atoms with E-state index in [1.165, 1.54) is 0 Å². The molecule has 4 rings (SSSR count). The predicted octanol–water partition coefficient (Wildman–Crippen LogP) is 3.68. The first-order valence-electron chi connectivity index (χ1n) is 11.0. The monoisotopic (exact) mass is 408 g/mol. The lowest BCUT2D eigenvalue weighted by molar-refractivity contribution is -0.138. The molecule has 160 valence electrons. The third-order valence-electron chi connectivity index (χ3n) is 6.81. The molecule has 1 amide bonds. The zero-order valence-electron chi connectivity index (χ0n) is 17.7. The number of nitrogens with one attached hydrogen (secondary N) is 1. The molecule has 1 heterocycles. The average Bonchev–Trinajstić information content (AvgIpc) is 2.78. The van der Waals surface area contributed by atoms with Crippen molar-refractivity contribution >= 4 is 5.91 Å². The van der Waals surface area contributed by atoms with Gasteiger partial charge in [-0.1, -0.05) is 61.4 Å². The summed E-state index contributed by atoms with van der Waals surface area (Å²) in [6, 6.07) is 18.0. The molecule has 0 spiro atoms. The molecule has 5 heteroatoms. The summed E-state index contributed by atoms with van der Waals surface area (Å²) in [5.41, 5.74) is 1.51. The van der Waals surface area contributed by atoms with Crippen molar-refractivity contribution in [3.63, 3.8) is 0 Å². The number of hydrogen-bond acceptors (Lipinski definition) is 4. The average molecular weight is 409 g/mol. The minimum atomic E-state index is -0.652. The number of hydrogen-bond donors (Lipinski definition) is 2. The first-order chi connectivity index (χ1) is 14.6. The van der Waals surface area contributed by atoms with Gasteiger partial charge in [-0.2, -0.15) is 0 Å². The first-order valence-corrected chi connectivity index (χ1v) is 11.0. The fourth-order valence-electron chi connectivity index (χ4n) is 5.28. The largest absolute Gasteiger partial charge is 0.496 e. The van der Waals surface area contributed by atoms with Crippen LogP contribution in [0.3, 0.4) is 0 Å². The third-order valence-corrected chi connectivity index (χ3v) is 6.81. The summed E-state index contributed by atoms with van der Waals surface area (Å²) in [6.45, 7) is 1.55. The second-order valence-corrected chi connectivity index (χ2v) is 8.63. The molecule has 5 nitrogen and oxygen atoms in total. The Balaban J connectivity index is 1.55. The third kappa shape index (κ3) is 4.37. The Morgan fingerprint density at radius 1 is 1.13 bits per heavy atom. The minimum Gasteiger partial charge on any atom is -0.496 e. The van der Waals surface area contributed by atoms with E-state index in [9.17, 15) is 9.90 Å². The van der Waals surface area contributed by atoms with Crippen LogP contribution in [0.2, 0.25) is 0 Å². The van der Waals surface area contributed by atoms with Gasteiger partial charge in [-0.3, -0.25) is 9.69 Å². The van der Waals surface area contributed by atoms with Crippen LogP contribution in [-0.2, 0) is 11.3 Å². The molecular weight excluding hydrogens is 376 g/mol. The number of piperidine rings is 1. The van der Waals surface area contributed by atoms with Crippen LogP contribution >= 0.6 is 0 Å². The van der Waals surface area contributed by atoms with Crippen molar-refractivity contribution in [3.05, 3.63) is 65.7 Å². The van der Waals surface area contributed by atoms with E-state index in [2.05, 4.69) is 16.3 Å². The Morgan fingerprint density at radius 3 is 2.70 bits per heavy atom. The van der Waals surface area contributed by atoms with Crippen LogP contribution < -0.4 is 10.1 Å². The summed E-state index contributed by atoms with van der Waals surface area (Å²) in [5.74, 6) is 0.949. The van der Waals surface area contributed by atoms with Crippen molar-refractivity contribution in [2.45, 2.75) is 50.3 Å². The topological polar surface area (TPSA) is 61.8 Å². The number of benzene rings is 2. The Morgan fingerprint density at radius 2 is 1.90 bits per heavy atom. The van der Waals surface area contributed by atoms with Gasteiger partial charge in [-0.05, 0) is 30.9 Å². The van der Waals surface area contributed by atoms with Crippen LogP contribution in [0, 0.1) is 5.92 Å². The predicted molar refractivity (Wildman–Crippen MR) is 117 cm³/mol. The number of methoxy groups -OCH3 is 1. The number of amides is 1. The van der Waals surface area contributed by atoms with E-state index in [4.69, 9.17) is 4.74 Å². The number of ether oxygens (including phenoxy) is 1. The lowest BCUT2D eigenvalue weighted by Gasteiger charge is -2.52. The van der Waals surface area contributed by atoms with Gasteiger partial charge in [-0.15, -0.1) is 0 Å². The number of fused-ring (bicyclic) bond motifs is 1. The Labute approximate surface area is 179 Å². The summed E-state index contributed by atoms with van der Waals surface area (Å²) in [4.78, 5) is 15.0. The molecule has 1 aliphatic heterocycles. The molecule has 2 aromatic rings. The molecule has 0 bridgehead atoms. The van der Waals surface area contributed by atoms with Gasteiger partial charge >= 0.3 is 0 Å². The van der Waals surface area contributed by atoms with Gasteiger partial charge < -0.3 is 15.2 Å². The number of nitrogens with zero attached hydrogens (tertiary/aromatic N) is 1. The number of rotatable bonds is 6. The first kappa shape index (κ1) is 20.9. The molecule has 0 unspecified atom stereocenters. The van der Waals surface area contributed by atoms with Gasteiger partial charge in [0.25, 0.3) is 0 Å². The number of para-hydroxylation sites is 1. The second-order valence-electron chi connectivity index (χ2n) is 8.63. The molecule has 0 radical (unpaired) electrons. The van der Waals surface area contributed by atoms with Crippen LogP contribution in [-0.4, -0.2) is 41.7 Å². The maximum Gasteiger partial charge on any atom is 0.234 e. The van der Waals surface area contributed by atoms with Crippen molar-refractivity contribution in [3.8, 4) is 5.75 Å². The molecule has 2 fully saturated rings. The maximum atomic E-state index is 12.8. The summed E-state index contributed by atoms with van der Waals surface area (Å²) in [5, 5.41) is 14.5. The number of carbonyl (C=O) groups is 1. The molecule has 1 saturated heterocycles. The fourth-order valence-corrected chi connectivity index (χ4v) is 5.28. The molecule has 2 aromatic carbocycles. The Kier molecular flexibility index (Phi) is 6.40. The van der Waals surface area contributed by atoms with Crippen molar-refractivity contribution in [2.24, 2.45) is 5.92 Å². The van der Waals surface area contributed by atoms with Crippen molar-refractivity contribution < 1.29 is 14.6 Å². The van der Waals surface area contributed by atoms with E-state index in [0.29, 0.717) is 19.6 Å². The molecule has 0 aromatic heterocycles. The quantitative estimate of drug-likeness (QED) is 0.765. The highest BCUT2D eigenvalue weighted by atomic mass is 16.5. The zero-order chi connectivity index (χ0) is 21.0. The molecule has 1 aliphatic carbocycles. The Hall–Kier alpha value is -2.37. The smallest absolute Gasteiger partial charge is 0.234 e. The number of likely N-dealkylation sites (tertiary alicyclic amines) is 1. The van der Waals surface area contributed by atoms with Crippen LogP contribution in [0.15, 0.2) is 54.6 Å². The van der Waals surface area contributed by atoms with Gasteiger partial charge in [0.05, 0.1) is 19.3 Å². The van der Waals surface area contributed by atoms with Gasteiger partial charge in [0.1, 0.15) is 5.75 Å². The normalized spacial score (nSPS) is 26.6. The lowest BCUT2D eigenvalue weighted by atomic mass is 9.66. The van der Waals surface area contributed by atoms with Gasteiger partial charge in [-0.25, -0.2) is 0 Å². The SMILES string of the molecule is COc1ccccc1[C@@H]1[C@@H]2CCCC[C@@]2(O)CCN1CC(=O)NCc1ccccc1. The van der Waals surface area contributed by atoms with Crippen LogP contribution in [0.5, 0.6) is 5.75 Å². The molecule has 2 N–H and O–H groups in total. The molecule has 30 heavy (non-hydrogen) atoms. The highest BCUT2D eigenvalue weighted by molar-refractivity contribution is 5.78. The van der Waals surface area contributed by atoms with Gasteiger partial charge in [0.15, 0.2) is 0 Å². The van der Waals surface area contributed by atoms with Crippen molar-refractivity contribution in [2.75, 3.05) is 20.2 Å². The molecule has 1 saturated carbocycles. The lowest BCUT2D eigenvalue weighted by Crippen LogP contribution is -2.56. The van der Waals surface area contributed by atoms with Crippen LogP contribution in [0.4, 0.5) is 0 Å². The number of carbonyl (C=O) groups excluding carboxylic acids is 1. The fraction of sp³-hybridized carbons (Fsp3) is 0.480.